The predicted octanol–water partition coefficient (Wildman–Crippen LogP) is 3.28. The van der Waals surface area contributed by atoms with E-state index < -0.39 is 9.84 Å². The highest BCUT2D eigenvalue weighted by Gasteiger charge is 2.19. The van der Waals surface area contributed by atoms with Gasteiger partial charge >= 0.3 is 0 Å². The zero-order valence-electron chi connectivity index (χ0n) is 13.3. The van der Waals surface area contributed by atoms with E-state index in [-0.39, 0.29) is 23.9 Å². The summed E-state index contributed by atoms with van der Waals surface area (Å²) >= 11 is 0. The molecule has 124 valence electrons. The number of aliphatic hydroxyl groups excluding tert-OH is 1. The molecule has 0 aliphatic carbocycles. The second kappa shape index (κ2) is 6.63. The molecule has 0 aromatic heterocycles. The van der Waals surface area contributed by atoms with Crippen molar-refractivity contribution in [2.24, 2.45) is 0 Å². The lowest BCUT2D eigenvalue weighted by Gasteiger charge is -2.13. The van der Waals surface area contributed by atoms with E-state index in [1.165, 1.54) is 6.26 Å². The van der Waals surface area contributed by atoms with E-state index in [0.29, 0.717) is 5.39 Å². The second-order valence-corrected chi connectivity index (χ2v) is 7.49. The molecule has 3 aromatic rings. The zero-order valence-corrected chi connectivity index (χ0v) is 14.1. The fraction of sp³-hybridized carbons (Fsp3) is 0.158. The summed E-state index contributed by atoms with van der Waals surface area (Å²) in [6, 6.07) is 19.1. The van der Waals surface area contributed by atoms with Crippen molar-refractivity contribution in [3.63, 3.8) is 0 Å². The Bertz CT molecular complexity index is 963. The van der Waals surface area contributed by atoms with Crippen LogP contribution in [0.1, 0.15) is 0 Å². The van der Waals surface area contributed by atoms with Crippen LogP contribution in [0.25, 0.3) is 21.9 Å². The van der Waals surface area contributed by atoms with Gasteiger partial charge in [-0.2, -0.15) is 0 Å². The van der Waals surface area contributed by atoms with Gasteiger partial charge in [0.25, 0.3) is 0 Å². The van der Waals surface area contributed by atoms with Gasteiger partial charge in [0, 0.05) is 11.6 Å². The van der Waals surface area contributed by atoms with Crippen molar-refractivity contribution in [2.75, 3.05) is 19.5 Å². The van der Waals surface area contributed by atoms with Crippen LogP contribution in [0.15, 0.2) is 65.6 Å². The van der Waals surface area contributed by atoms with E-state index in [0.717, 1.165) is 16.5 Å². The molecule has 0 spiro atoms. The maximum Gasteiger partial charge on any atom is 0.179 e. The predicted molar refractivity (Wildman–Crippen MR) is 95.1 cm³/mol. The van der Waals surface area contributed by atoms with E-state index in [2.05, 4.69) is 0 Å². The summed E-state index contributed by atoms with van der Waals surface area (Å²) < 4.78 is 29.9. The average Bonchev–Trinajstić information content (AvgIpc) is 2.58. The number of aliphatic hydroxyl groups is 1. The van der Waals surface area contributed by atoms with Crippen LogP contribution < -0.4 is 4.74 Å². The summed E-state index contributed by atoms with van der Waals surface area (Å²) in [5.41, 5.74) is 2.09. The molecular formula is C19H18O4S. The van der Waals surface area contributed by atoms with Gasteiger partial charge < -0.3 is 9.84 Å². The first-order valence-electron chi connectivity index (χ1n) is 7.56. The lowest BCUT2D eigenvalue weighted by atomic mass is 10.0. The Kier molecular flexibility index (Phi) is 4.55. The van der Waals surface area contributed by atoms with E-state index in [1.54, 1.807) is 12.1 Å². The van der Waals surface area contributed by atoms with Gasteiger partial charge in [0.15, 0.2) is 9.84 Å². The van der Waals surface area contributed by atoms with Crippen molar-refractivity contribution in [3.05, 3.63) is 60.7 Å². The van der Waals surface area contributed by atoms with E-state index in [9.17, 15) is 8.42 Å². The van der Waals surface area contributed by atoms with Gasteiger partial charge in [-0.1, -0.05) is 48.5 Å². The van der Waals surface area contributed by atoms with Gasteiger partial charge in [-0.3, -0.25) is 0 Å². The van der Waals surface area contributed by atoms with Crippen molar-refractivity contribution in [3.8, 4) is 16.9 Å². The van der Waals surface area contributed by atoms with E-state index in [4.69, 9.17) is 9.84 Å². The lowest BCUT2D eigenvalue weighted by molar-refractivity contribution is 0.198. The molecular weight excluding hydrogens is 324 g/mol. The Morgan fingerprint density at radius 3 is 2.38 bits per heavy atom. The number of sulfone groups is 1. The topological polar surface area (TPSA) is 63.6 Å². The summed E-state index contributed by atoms with van der Waals surface area (Å²) in [4.78, 5) is 0.160. The highest BCUT2D eigenvalue weighted by atomic mass is 32.2. The first-order chi connectivity index (χ1) is 11.5. The Morgan fingerprint density at radius 2 is 1.71 bits per heavy atom. The van der Waals surface area contributed by atoms with Gasteiger partial charge in [-0.15, -0.1) is 0 Å². The highest BCUT2D eigenvalue weighted by Crippen LogP contribution is 2.34. The molecule has 0 heterocycles. The second-order valence-electron chi connectivity index (χ2n) is 5.54. The highest BCUT2D eigenvalue weighted by molar-refractivity contribution is 7.91. The summed E-state index contributed by atoms with van der Waals surface area (Å²) in [7, 11) is -3.47. The SMILES string of the molecule is CS(=O)(=O)c1c(OCCO)ccc2cc(-c3ccccc3)ccc12. The molecule has 4 nitrogen and oxygen atoms in total. The van der Waals surface area contributed by atoms with Crippen LogP contribution in [0, 0.1) is 0 Å². The molecule has 0 fully saturated rings. The minimum absolute atomic E-state index is 0.0517. The van der Waals surface area contributed by atoms with E-state index in [1.807, 2.05) is 48.5 Å². The van der Waals surface area contributed by atoms with Gasteiger partial charge in [0.1, 0.15) is 17.3 Å². The molecule has 0 aliphatic rings. The maximum atomic E-state index is 12.2. The van der Waals surface area contributed by atoms with Crippen molar-refractivity contribution < 1.29 is 18.3 Å². The first-order valence-corrected chi connectivity index (χ1v) is 9.46. The maximum absolute atomic E-state index is 12.2. The quantitative estimate of drug-likeness (QED) is 0.773. The van der Waals surface area contributed by atoms with Gasteiger partial charge in [0.2, 0.25) is 0 Å². The molecule has 0 amide bonds. The van der Waals surface area contributed by atoms with Crippen LogP contribution >= 0.6 is 0 Å². The average molecular weight is 342 g/mol. The third-order valence-electron chi connectivity index (χ3n) is 3.76. The van der Waals surface area contributed by atoms with Crippen molar-refractivity contribution in [2.45, 2.75) is 4.90 Å². The summed E-state index contributed by atoms with van der Waals surface area (Å²) in [5, 5.41) is 10.4. The Labute approximate surface area is 141 Å². The number of rotatable bonds is 5. The Morgan fingerprint density at radius 1 is 0.958 bits per heavy atom. The third-order valence-corrected chi connectivity index (χ3v) is 4.92. The number of ether oxygens (including phenoxy) is 1. The number of hydrogen-bond acceptors (Lipinski definition) is 4. The first kappa shape index (κ1) is 16.5. The van der Waals surface area contributed by atoms with Crippen LogP contribution in [0.5, 0.6) is 5.75 Å². The minimum Gasteiger partial charge on any atom is -0.490 e. The van der Waals surface area contributed by atoms with Crippen LogP contribution in [-0.4, -0.2) is 33.0 Å². The number of benzene rings is 3. The van der Waals surface area contributed by atoms with E-state index >= 15 is 0 Å². The van der Waals surface area contributed by atoms with Crippen LogP contribution in [0.4, 0.5) is 0 Å². The van der Waals surface area contributed by atoms with Gasteiger partial charge in [-0.05, 0) is 28.6 Å². The molecule has 0 bridgehead atoms. The van der Waals surface area contributed by atoms with Crippen LogP contribution in [-0.2, 0) is 9.84 Å². The molecule has 0 unspecified atom stereocenters. The molecule has 5 heteroatoms. The molecule has 0 saturated heterocycles. The van der Waals surface area contributed by atoms with Crippen LogP contribution in [0.2, 0.25) is 0 Å². The molecule has 0 atom stereocenters. The standard InChI is InChI=1S/C19H18O4S/c1-24(21,22)19-17-9-7-15(14-5-3-2-4-6-14)13-16(17)8-10-18(19)23-12-11-20/h2-10,13,20H,11-12H2,1H3. The molecule has 3 rings (SSSR count). The molecule has 0 saturated carbocycles. The monoisotopic (exact) mass is 342 g/mol. The molecule has 0 aliphatic heterocycles. The Hall–Kier alpha value is -2.37. The third kappa shape index (κ3) is 3.27. The van der Waals surface area contributed by atoms with Crippen molar-refractivity contribution >= 4 is 20.6 Å². The van der Waals surface area contributed by atoms with Gasteiger partial charge in [-0.25, -0.2) is 8.42 Å². The molecule has 1 N–H and O–H groups in total. The summed E-state index contributed by atoms with van der Waals surface area (Å²) in [6.45, 7) is -0.121. The zero-order chi connectivity index (χ0) is 17.2. The Balaban J connectivity index is 2.20. The largest absolute Gasteiger partial charge is 0.490 e. The van der Waals surface area contributed by atoms with Crippen molar-refractivity contribution in [1.29, 1.82) is 0 Å². The normalized spacial score (nSPS) is 11.6. The fourth-order valence-electron chi connectivity index (χ4n) is 2.74. The fourth-order valence-corrected chi connectivity index (χ4v) is 3.82. The molecule has 0 radical (unpaired) electrons. The summed E-state index contributed by atoms with van der Waals surface area (Å²) in [6.07, 6.45) is 1.17. The number of hydrogen-bond donors (Lipinski definition) is 1. The van der Waals surface area contributed by atoms with Gasteiger partial charge in [0.05, 0.1) is 6.61 Å². The summed E-state index contributed by atoms with van der Waals surface area (Å²) in [5.74, 6) is 0.270. The minimum atomic E-state index is -3.47. The van der Waals surface area contributed by atoms with Crippen molar-refractivity contribution in [1.82, 2.24) is 0 Å². The lowest BCUT2D eigenvalue weighted by Crippen LogP contribution is -2.07. The molecule has 3 aromatic carbocycles. The number of fused-ring (bicyclic) bond motifs is 1. The molecule has 24 heavy (non-hydrogen) atoms. The van der Waals surface area contributed by atoms with Crippen LogP contribution in [0.3, 0.4) is 0 Å². The smallest absolute Gasteiger partial charge is 0.179 e.